The second kappa shape index (κ2) is 10.5. The van der Waals surface area contributed by atoms with Crippen LogP contribution in [0.4, 0.5) is 4.39 Å². The van der Waals surface area contributed by atoms with Gasteiger partial charge >= 0.3 is 0 Å². The van der Waals surface area contributed by atoms with Gasteiger partial charge in [-0.2, -0.15) is 5.01 Å². The van der Waals surface area contributed by atoms with Gasteiger partial charge in [0, 0.05) is 16.7 Å². The summed E-state index contributed by atoms with van der Waals surface area (Å²) in [5, 5.41) is 1.04. The Morgan fingerprint density at radius 1 is 1.09 bits per heavy atom. The van der Waals surface area contributed by atoms with Crippen molar-refractivity contribution in [3.05, 3.63) is 100 Å². The fraction of sp³-hybridized carbons (Fsp3) is 0.0800. The predicted molar refractivity (Wildman–Crippen MR) is 133 cm³/mol. The molecule has 34 heavy (non-hydrogen) atoms. The topological polar surface area (TPSA) is 67.9 Å². The van der Waals surface area contributed by atoms with Crippen LogP contribution in [0, 0.1) is 5.82 Å². The van der Waals surface area contributed by atoms with Crippen molar-refractivity contribution in [1.29, 1.82) is 0 Å². The van der Waals surface area contributed by atoms with E-state index in [-0.39, 0.29) is 16.7 Å². The van der Waals surface area contributed by atoms with Crippen LogP contribution in [-0.4, -0.2) is 28.3 Å². The van der Waals surface area contributed by atoms with Crippen molar-refractivity contribution in [1.82, 2.24) is 10.4 Å². The van der Waals surface area contributed by atoms with Gasteiger partial charge in [-0.1, -0.05) is 48.2 Å². The number of thiocarbonyl (C=S) groups is 1. The number of halogens is 1. The van der Waals surface area contributed by atoms with E-state index >= 15 is 0 Å². The second-order valence-electron chi connectivity index (χ2n) is 7.10. The summed E-state index contributed by atoms with van der Waals surface area (Å²) in [6, 6.07) is 19.9. The minimum atomic E-state index is -0.478. The van der Waals surface area contributed by atoms with Crippen molar-refractivity contribution in [2.45, 2.75) is 6.61 Å². The molecule has 0 radical (unpaired) electrons. The number of carbonyl (C=O) groups excluding carboxylic acids is 2. The normalized spacial score (nSPS) is 14.4. The molecule has 1 N–H and O–H groups in total. The van der Waals surface area contributed by atoms with Crippen molar-refractivity contribution in [3.8, 4) is 11.5 Å². The summed E-state index contributed by atoms with van der Waals surface area (Å²) in [5.41, 5.74) is 3.94. The van der Waals surface area contributed by atoms with E-state index < -0.39 is 11.8 Å². The highest BCUT2D eigenvalue weighted by Crippen LogP contribution is 2.33. The van der Waals surface area contributed by atoms with Gasteiger partial charge in [0.1, 0.15) is 23.9 Å². The molecule has 3 aromatic rings. The van der Waals surface area contributed by atoms with Gasteiger partial charge in [-0.15, -0.1) is 0 Å². The first kappa shape index (κ1) is 23.5. The summed E-state index contributed by atoms with van der Waals surface area (Å²) in [6.45, 7) is 0.0381. The molecule has 0 bridgehead atoms. The highest BCUT2D eigenvalue weighted by molar-refractivity contribution is 8.26. The Labute approximate surface area is 205 Å². The SMILES string of the molecule is COc1ccc(C(=O)NN2C(=O)/C(=C\c3ccccc3OCc3ccccc3F)SC2=S)cc1. The fourth-order valence-electron chi connectivity index (χ4n) is 3.12. The summed E-state index contributed by atoms with van der Waals surface area (Å²) in [4.78, 5) is 25.8. The maximum Gasteiger partial charge on any atom is 0.285 e. The Morgan fingerprint density at radius 3 is 2.53 bits per heavy atom. The monoisotopic (exact) mass is 494 g/mol. The quantitative estimate of drug-likeness (QED) is 0.370. The van der Waals surface area contributed by atoms with Crippen LogP contribution in [0.1, 0.15) is 21.5 Å². The highest BCUT2D eigenvalue weighted by atomic mass is 32.2. The van der Waals surface area contributed by atoms with Crippen LogP contribution >= 0.6 is 24.0 Å². The summed E-state index contributed by atoms with van der Waals surface area (Å²) in [6.07, 6.45) is 1.63. The Bertz CT molecular complexity index is 1280. The number of para-hydroxylation sites is 1. The van der Waals surface area contributed by atoms with E-state index in [4.69, 9.17) is 21.7 Å². The van der Waals surface area contributed by atoms with Gasteiger partial charge in [0.2, 0.25) is 0 Å². The third kappa shape index (κ3) is 5.27. The van der Waals surface area contributed by atoms with E-state index in [1.54, 1.807) is 72.8 Å². The second-order valence-corrected chi connectivity index (χ2v) is 8.78. The van der Waals surface area contributed by atoms with Crippen molar-refractivity contribution in [2.75, 3.05) is 7.11 Å². The van der Waals surface area contributed by atoms with E-state index in [1.807, 2.05) is 0 Å². The van der Waals surface area contributed by atoms with Crippen LogP contribution < -0.4 is 14.9 Å². The molecule has 0 saturated carbocycles. The first-order chi connectivity index (χ1) is 16.5. The summed E-state index contributed by atoms with van der Waals surface area (Å²) >= 11 is 6.36. The molecule has 0 aromatic heterocycles. The zero-order valence-corrected chi connectivity index (χ0v) is 19.6. The third-order valence-corrected chi connectivity index (χ3v) is 6.21. The van der Waals surface area contributed by atoms with Crippen LogP contribution in [-0.2, 0) is 11.4 Å². The number of methoxy groups -OCH3 is 1. The molecular weight excluding hydrogens is 475 g/mol. The standard InChI is InChI=1S/C25H19FN2O4S2/c1-31-19-12-10-16(11-13-19)23(29)27-28-24(30)22(34-25(28)33)14-17-6-3-5-9-21(17)32-15-18-7-2-4-8-20(18)26/h2-14H,15H2,1H3,(H,27,29)/b22-14+. The Hall–Kier alpha value is -3.69. The maximum absolute atomic E-state index is 13.9. The first-order valence-electron chi connectivity index (χ1n) is 10.1. The van der Waals surface area contributed by atoms with Crippen molar-refractivity contribution in [3.63, 3.8) is 0 Å². The summed E-state index contributed by atoms with van der Waals surface area (Å²) < 4.78 is 25.0. The Morgan fingerprint density at radius 2 is 1.79 bits per heavy atom. The van der Waals surface area contributed by atoms with E-state index in [1.165, 1.54) is 13.2 Å². The lowest BCUT2D eigenvalue weighted by molar-refractivity contribution is -0.123. The molecule has 1 saturated heterocycles. The number of rotatable bonds is 7. The molecule has 0 spiro atoms. The third-order valence-electron chi connectivity index (χ3n) is 4.91. The number of hydrogen-bond donors (Lipinski definition) is 1. The Kier molecular flexibility index (Phi) is 7.24. The number of nitrogens with zero attached hydrogens (tertiary/aromatic N) is 1. The molecule has 0 atom stereocenters. The first-order valence-corrected chi connectivity index (χ1v) is 11.4. The zero-order chi connectivity index (χ0) is 24.1. The van der Waals surface area contributed by atoms with E-state index in [2.05, 4.69) is 5.43 Å². The molecule has 0 aliphatic carbocycles. The largest absolute Gasteiger partial charge is 0.497 e. The van der Waals surface area contributed by atoms with Gasteiger partial charge in [0.15, 0.2) is 4.32 Å². The molecule has 1 aliphatic rings. The van der Waals surface area contributed by atoms with Crippen LogP contribution in [0.15, 0.2) is 77.7 Å². The minimum absolute atomic E-state index is 0.0381. The number of nitrogens with one attached hydrogen (secondary N) is 1. The number of hydrogen-bond acceptors (Lipinski definition) is 6. The van der Waals surface area contributed by atoms with E-state index in [0.717, 1.165) is 16.8 Å². The maximum atomic E-state index is 13.9. The Balaban J connectivity index is 1.48. The number of thioether (sulfide) groups is 1. The van der Waals surface area contributed by atoms with E-state index in [9.17, 15) is 14.0 Å². The number of ether oxygens (including phenoxy) is 2. The van der Waals surface area contributed by atoms with Crippen molar-refractivity contribution >= 4 is 46.2 Å². The average Bonchev–Trinajstić information content (AvgIpc) is 3.11. The van der Waals surface area contributed by atoms with Gasteiger partial charge in [-0.3, -0.25) is 15.0 Å². The lowest BCUT2D eigenvalue weighted by Gasteiger charge is -2.15. The lowest BCUT2D eigenvalue weighted by Crippen LogP contribution is -2.44. The molecule has 9 heteroatoms. The fourth-order valence-corrected chi connectivity index (χ4v) is 4.29. The molecule has 2 amide bonds. The molecule has 1 fully saturated rings. The minimum Gasteiger partial charge on any atom is -0.497 e. The number of amides is 2. The smallest absolute Gasteiger partial charge is 0.285 e. The molecule has 6 nitrogen and oxygen atoms in total. The van der Waals surface area contributed by atoms with Crippen molar-refractivity contribution < 1.29 is 23.5 Å². The van der Waals surface area contributed by atoms with Crippen LogP contribution in [0.5, 0.6) is 11.5 Å². The zero-order valence-electron chi connectivity index (χ0n) is 18.0. The molecular formula is C25H19FN2O4S2. The number of carbonyl (C=O) groups is 2. The molecule has 4 rings (SSSR count). The van der Waals surface area contributed by atoms with Gasteiger partial charge in [-0.05, 0) is 54.7 Å². The van der Waals surface area contributed by atoms with E-state index in [0.29, 0.717) is 33.1 Å². The molecule has 1 heterocycles. The van der Waals surface area contributed by atoms with Crippen LogP contribution in [0.2, 0.25) is 0 Å². The van der Waals surface area contributed by atoms with Crippen LogP contribution in [0.25, 0.3) is 6.08 Å². The predicted octanol–water partition coefficient (Wildman–Crippen LogP) is 4.96. The highest BCUT2D eigenvalue weighted by Gasteiger charge is 2.34. The lowest BCUT2D eigenvalue weighted by atomic mass is 10.1. The average molecular weight is 495 g/mol. The number of hydrazine groups is 1. The van der Waals surface area contributed by atoms with Crippen LogP contribution in [0.3, 0.4) is 0 Å². The number of benzene rings is 3. The summed E-state index contributed by atoms with van der Waals surface area (Å²) in [7, 11) is 1.53. The molecule has 3 aromatic carbocycles. The van der Waals surface area contributed by atoms with Gasteiger partial charge in [0.05, 0.1) is 12.0 Å². The van der Waals surface area contributed by atoms with Gasteiger partial charge in [-0.25, -0.2) is 4.39 Å². The molecule has 1 aliphatic heterocycles. The summed E-state index contributed by atoms with van der Waals surface area (Å²) in [5.74, 6) is -0.192. The molecule has 0 unspecified atom stereocenters. The van der Waals surface area contributed by atoms with Gasteiger partial charge < -0.3 is 9.47 Å². The van der Waals surface area contributed by atoms with Gasteiger partial charge in [0.25, 0.3) is 11.8 Å². The van der Waals surface area contributed by atoms with Crippen molar-refractivity contribution in [2.24, 2.45) is 0 Å². The molecule has 172 valence electrons.